The second-order valence-corrected chi connectivity index (χ2v) is 8.15. The largest absolute Gasteiger partial charge is 0.383 e. The Balaban J connectivity index is 1.66. The zero-order valence-electron chi connectivity index (χ0n) is 17.2. The first-order valence-electron chi connectivity index (χ1n) is 10.3. The van der Waals surface area contributed by atoms with Gasteiger partial charge < -0.3 is 19.5 Å². The summed E-state index contributed by atoms with van der Waals surface area (Å²) in [6.07, 6.45) is 0.524. The first-order valence-corrected chi connectivity index (χ1v) is 10.3. The molecule has 1 fully saturated rings. The maximum Gasteiger partial charge on any atom is 0.246 e. The van der Waals surface area contributed by atoms with Crippen LogP contribution in [0.15, 0.2) is 48.5 Å². The van der Waals surface area contributed by atoms with Crippen molar-refractivity contribution in [2.45, 2.75) is 25.4 Å². The third-order valence-electron chi connectivity index (χ3n) is 6.30. The molecule has 2 aliphatic heterocycles. The molecule has 6 heteroatoms. The number of aromatic amines is 1. The van der Waals surface area contributed by atoms with Gasteiger partial charge in [0.05, 0.1) is 19.2 Å². The predicted molar refractivity (Wildman–Crippen MR) is 114 cm³/mol. The molecule has 3 aromatic rings. The van der Waals surface area contributed by atoms with Gasteiger partial charge in [0, 0.05) is 36.7 Å². The van der Waals surface area contributed by atoms with E-state index in [0.29, 0.717) is 19.6 Å². The van der Waals surface area contributed by atoms with E-state index in [1.165, 1.54) is 0 Å². The number of carbonyl (C=O) groups is 2. The molecule has 0 spiro atoms. The number of hydrogen-bond donors (Lipinski definition) is 1. The maximum absolute atomic E-state index is 13.4. The lowest BCUT2D eigenvalue weighted by molar-refractivity contribution is -0.159. The number of fused-ring (bicyclic) bond motifs is 4. The number of amides is 2. The minimum atomic E-state index is -0.499. The fraction of sp³-hybridized carbons (Fsp3) is 0.333. The molecular formula is C24H25N3O3. The highest BCUT2D eigenvalue weighted by Gasteiger charge is 2.48. The van der Waals surface area contributed by atoms with Crippen molar-refractivity contribution in [3.05, 3.63) is 70.9 Å². The molecule has 2 amide bonds. The normalized spacial score (nSPS) is 21.1. The predicted octanol–water partition coefficient (Wildman–Crippen LogP) is 2.81. The lowest BCUT2D eigenvalue weighted by Crippen LogP contribution is -2.63. The van der Waals surface area contributed by atoms with Gasteiger partial charge in [0.2, 0.25) is 11.8 Å². The van der Waals surface area contributed by atoms with Crippen LogP contribution < -0.4 is 0 Å². The van der Waals surface area contributed by atoms with Gasteiger partial charge >= 0.3 is 0 Å². The standard InChI is InChI=1S/C24H25N3O3/c1-15-7-9-16(10-8-15)23-22-18(17-5-3-4-6-19(17)25-22)13-20-24(29)26(11-12-30-2)14-21(28)27(20)23/h3-10,20,23,25H,11-14H2,1-2H3/t20-,23+/m0/s1. The average Bonchev–Trinajstić information content (AvgIpc) is 3.13. The van der Waals surface area contributed by atoms with Crippen molar-refractivity contribution in [2.24, 2.45) is 0 Å². The Labute approximate surface area is 175 Å². The molecule has 0 saturated carbocycles. The van der Waals surface area contributed by atoms with Gasteiger partial charge in [0.25, 0.3) is 0 Å². The zero-order chi connectivity index (χ0) is 20.8. The molecule has 0 radical (unpaired) electrons. The molecule has 1 saturated heterocycles. The number of nitrogens with zero attached hydrogens (tertiary/aromatic N) is 2. The molecule has 2 aliphatic rings. The number of carbonyl (C=O) groups excluding carboxylic acids is 2. The van der Waals surface area contributed by atoms with Crippen molar-refractivity contribution in [1.82, 2.24) is 14.8 Å². The highest BCUT2D eigenvalue weighted by molar-refractivity contribution is 5.97. The van der Waals surface area contributed by atoms with E-state index in [9.17, 15) is 9.59 Å². The number of nitrogens with one attached hydrogen (secondary N) is 1. The van der Waals surface area contributed by atoms with E-state index in [1.807, 2.05) is 25.1 Å². The highest BCUT2D eigenvalue weighted by atomic mass is 16.5. The van der Waals surface area contributed by atoms with Crippen molar-refractivity contribution in [2.75, 3.05) is 26.8 Å². The van der Waals surface area contributed by atoms with Crippen LogP contribution in [-0.2, 0) is 20.7 Å². The number of ether oxygens (including phenoxy) is 1. The Bertz CT molecular complexity index is 1120. The SMILES string of the molecule is COCCN1CC(=O)N2[C@H](c3ccc(C)cc3)c3[nH]c4ccccc4c3C[C@H]2C1=O. The van der Waals surface area contributed by atoms with Crippen LogP contribution in [0.2, 0.25) is 0 Å². The molecule has 0 aliphatic carbocycles. The van der Waals surface area contributed by atoms with Crippen LogP contribution in [0, 0.1) is 6.92 Å². The summed E-state index contributed by atoms with van der Waals surface area (Å²) in [7, 11) is 1.61. The number of piperazine rings is 1. The number of para-hydroxylation sites is 1. The number of benzene rings is 2. The summed E-state index contributed by atoms with van der Waals surface area (Å²) in [5, 5.41) is 1.12. The first kappa shape index (κ1) is 18.9. The Morgan fingerprint density at radius 2 is 1.87 bits per heavy atom. The monoisotopic (exact) mass is 403 g/mol. The number of rotatable bonds is 4. The van der Waals surface area contributed by atoms with E-state index in [4.69, 9.17) is 4.74 Å². The van der Waals surface area contributed by atoms with Gasteiger partial charge in [-0.25, -0.2) is 0 Å². The molecule has 1 aromatic heterocycles. The summed E-state index contributed by atoms with van der Waals surface area (Å²) >= 11 is 0. The van der Waals surface area contributed by atoms with E-state index in [0.717, 1.165) is 33.3 Å². The summed E-state index contributed by atoms with van der Waals surface area (Å²) in [4.78, 5) is 33.7. The van der Waals surface area contributed by atoms with Gasteiger partial charge in [-0.3, -0.25) is 9.59 Å². The first-order chi connectivity index (χ1) is 14.6. The van der Waals surface area contributed by atoms with Crippen molar-refractivity contribution < 1.29 is 14.3 Å². The molecule has 3 heterocycles. The summed E-state index contributed by atoms with van der Waals surface area (Å²) in [6.45, 7) is 2.99. The zero-order valence-corrected chi connectivity index (χ0v) is 17.2. The average molecular weight is 403 g/mol. The van der Waals surface area contributed by atoms with Crippen LogP contribution in [0.3, 0.4) is 0 Å². The number of aryl methyl sites for hydroxylation is 1. The molecule has 0 bridgehead atoms. The van der Waals surface area contributed by atoms with E-state index >= 15 is 0 Å². The van der Waals surface area contributed by atoms with Crippen LogP contribution in [0.5, 0.6) is 0 Å². The van der Waals surface area contributed by atoms with Gasteiger partial charge in [-0.1, -0.05) is 48.0 Å². The van der Waals surface area contributed by atoms with Crippen molar-refractivity contribution in [3.63, 3.8) is 0 Å². The van der Waals surface area contributed by atoms with E-state index in [1.54, 1.807) is 16.9 Å². The maximum atomic E-state index is 13.4. The lowest BCUT2D eigenvalue weighted by atomic mass is 9.86. The third kappa shape index (κ3) is 2.91. The lowest BCUT2D eigenvalue weighted by Gasteiger charge is -2.47. The van der Waals surface area contributed by atoms with Crippen LogP contribution in [0.4, 0.5) is 0 Å². The molecule has 2 aromatic carbocycles. The van der Waals surface area contributed by atoms with Gasteiger partial charge in [-0.05, 0) is 24.1 Å². The molecule has 2 atom stereocenters. The minimum absolute atomic E-state index is 0.000284. The molecule has 1 N–H and O–H groups in total. The van der Waals surface area contributed by atoms with E-state index < -0.39 is 6.04 Å². The van der Waals surface area contributed by atoms with Crippen molar-refractivity contribution in [1.29, 1.82) is 0 Å². The number of H-pyrrole nitrogens is 1. The second kappa shape index (κ2) is 7.29. The quantitative estimate of drug-likeness (QED) is 0.729. The smallest absolute Gasteiger partial charge is 0.246 e. The van der Waals surface area contributed by atoms with Gasteiger partial charge in [-0.2, -0.15) is 0 Å². The summed E-state index contributed by atoms with van der Waals surface area (Å²) < 4.78 is 5.14. The summed E-state index contributed by atoms with van der Waals surface area (Å²) in [5.41, 5.74) is 5.37. The number of hydrogen-bond acceptors (Lipinski definition) is 3. The fourth-order valence-corrected chi connectivity index (χ4v) is 4.81. The van der Waals surface area contributed by atoms with Gasteiger partial charge in [0.1, 0.15) is 6.04 Å². The van der Waals surface area contributed by atoms with Crippen LogP contribution in [0.1, 0.15) is 28.4 Å². The Kier molecular flexibility index (Phi) is 4.59. The van der Waals surface area contributed by atoms with Gasteiger partial charge in [-0.15, -0.1) is 0 Å². The van der Waals surface area contributed by atoms with Gasteiger partial charge in [0.15, 0.2) is 0 Å². The minimum Gasteiger partial charge on any atom is -0.383 e. The fourth-order valence-electron chi connectivity index (χ4n) is 4.81. The van der Waals surface area contributed by atoms with E-state index in [-0.39, 0.29) is 24.4 Å². The molecule has 154 valence electrons. The topological polar surface area (TPSA) is 65.6 Å². The third-order valence-corrected chi connectivity index (χ3v) is 6.30. The molecular weight excluding hydrogens is 378 g/mol. The highest BCUT2D eigenvalue weighted by Crippen LogP contribution is 2.42. The van der Waals surface area contributed by atoms with Crippen LogP contribution >= 0.6 is 0 Å². The van der Waals surface area contributed by atoms with Crippen LogP contribution in [-0.4, -0.2) is 59.4 Å². The molecule has 30 heavy (non-hydrogen) atoms. The summed E-state index contributed by atoms with van der Waals surface area (Å²) in [5.74, 6) is -0.0229. The number of aromatic nitrogens is 1. The molecule has 6 nitrogen and oxygen atoms in total. The van der Waals surface area contributed by atoms with Crippen molar-refractivity contribution in [3.8, 4) is 0 Å². The Morgan fingerprint density at radius 1 is 1.10 bits per heavy atom. The van der Waals surface area contributed by atoms with Crippen molar-refractivity contribution >= 4 is 22.7 Å². The Hall–Kier alpha value is -3.12. The molecule has 5 rings (SSSR count). The number of methoxy groups -OCH3 is 1. The molecule has 0 unspecified atom stereocenters. The van der Waals surface area contributed by atoms with Crippen LogP contribution in [0.25, 0.3) is 10.9 Å². The van der Waals surface area contributed by atoms with E-state index in [2.05, 4.69) is 35.3 Å². The second-order valence-electron chi connectivity index (χ2n) is 8.15. The Morgan fingerprint density at radius 3 is 2.63 bits per heavy atom. The summed E-state index contributed by atoms with van der Waals surface area (Å²) in [6, 6.07) is 15.6.